The van der Waals surface area contributed by atoms with E-state index in [0.717, 1.165) is 13.0 Å². The number of alkyl halides is 2. The summed E-state index contributed by atoms with van der Waals surface area (Å²) in [6.45, 7) is 4.79. The minimum Gasteiger partial charge on any atom is -0.507 e. The maximum Gasteiger partial charge on any atom is 0.343 e. The minimum atomic E-state index is -2.84. The predicted octanol–water partition coefficient (Wildman–Crippen LogP) is 3.22. The Balaban J connectivity index is 0.000000162. The van der Waals surface area contributed by atoms with Crippen molar-refractivity contribution in [3.8, 4) is 46.0 Å². The molecular formula is C63H76Cl2N3O26P. The van der Waals surface area contributed by atoms with Crippen molar-refractivity contribution in [2.24, 2.45) is 17.6 Å². The molecule has 0 amide bonds. The largest absolute Gasteiger partial charge is 0.507 e. The summed E-state index contributed by atoms with van der Waals surface area (Å²) in [5, 5.41) is 89.1. The van der Waals surface area contributed by atoms with Crippen molar-refractivity contribution in [1.29, 1.82) is 0 Å². The summed E-state index contributed by atoms with van der Waals surface area (Å²) in [5.41, 5.74) is 4.39. The van der Waals surface area contributed by atoms with Crippen LogP contribution in [0.5, 0.6) is 46.0 Å². The third-order valence-corrected chi connectivity index (χ3v) is 21.1. The number of ether oxygens (including phenoxy) is 12. The number of fused-ring (bicyclic) bond motifs is 7. The molecule has 0 saturated carbocycles. The number of benzene rings is 4. The first-order chi connectivity index (χ1) is 45.4. The van der Waals surface area contributed by atoms with Crippen LogP contribution in [0.25, 0.3) is 0 Å². The number of Topliss-reactive ketones (excluding diaryl/α,β-unsaturated/α-hetero) is 1. The molecule has 0 bridgehead atoms. The summed E-state index contributed by atoms with van der Waals surface area (Å²) >= 11 is 11.2. The molecule has 11 N–H and O–H groups in total. The Morgan fingerprint density at radius 1 is 0.811 bits per heavy atom. The van der Waals surface area contributed by atoms with E-state index in [0.29, 0.717) is 59.6 Å². The van der Waals surface area contributed by atoms with Gasteiger partial charge in [0.05, 0.1) is 88.2 Å². The molecule has 4 aromatic rings. The lowest BCUT2D eigenvalue weighted by Crippen LogP contribution is -2.63. The summed E-state index contributed by atoms with van der Waals surface area (Å²) in [5.74, 6) is -3.95. The Morgan fingerprint density at radius 2 is 1.48 bits per heavy atom. The van der Waals surface area contributed by atoms with E-state index in [4.69, 9.17) is 90.3 Å². The summed E-state index contributed by atoms with van der Waals surface area (Å²) in [6.07, 6.45) is -11.0. The second kappa shape index (κ2) is 28.8. The van der Waals surface area contributed by atoms with Gasteiger partial charge in [-0.25, -0.2) is 9.76 Å². The second-order valence-corrected chi connectivity index (χ2v) is 27.0. The van der Waals surface area contributed by atoms with E-state index in [1.54, 1.807) is 42.8 Å². The summed E-state index contributed by atoms with van der Waals surface area (Å²) in [4.78, 5) is 53.1. The normalized spacial score (nSPS) is 32.5. The molecule has 95 heavy (non-hydrogen) atoms. The van der Waals surface area contributed by atoms with Gasteiger partial charge in [0.2, 0.25) is 18.3 Å². The maximum atomic E-state index is 13.6. The molecule has 4 aromatic carbocycles. The van der Waals surface area contributed by atoms with Crippen molar-refractivity contribution in [2.75, 3.05) is 85.9 Å². The average molecular weight is 1390 g/mol. The summed E-state index contributed by atoms with van der Waals surface area (Å²) < 4.78 is 87.7. The van der Waals surface area contributed by atoms with Gasteiger partial charge in [0.25, 0.3) is 0 Å². The molecule has 0 spiro atoms. The van der Waals surface area contributed by atoms with Crippen LogP contribution in [0, 0.1) is 11.8 Å². The van der Waals surface area contributed by atoms with E-state index in [1.165, 1.54) is 39.5 Å². The first kappa shape index (κ1) is 70.3. The van der Waals surface area contributed by atoms with Crippen molar-refractivity contribution >= 4 is 54.2 Å². The van der Waals surface area contributed by atoms with Crippen molar-refractivity contribution in [3.63, 3.8) is 0 Å². The molecule has 5 saturated heterocycles. The highest BCUT2D eigenvalue weighted by Gasteiger charge is 2.57. The number of esters is 1. The molecule has 32 heteroatoms. The molecule has 3 aliphatic carbocycles. The van der Waals surface area contributed by atoms with Gasteiger partial charge in [-0.05, 0) is 67.3 Å². The fourth-order valence-corrected chi connectivity index (χ4v) is 16.4. The van der Waals surface area contributed by atoms with Crippen LogP contribution in [0.2, 0.25) is 0 Å². The Bertz CT molecular complexity index is 3570. The van der Waals surface area contributed by atoms with Crippen LogP contribution >= 0.6 is 30.9 Å². The van der Waals surface area contributed by atoms with E-state index in [2.05, 4.69) is 5.09 Å². The zero-order chi connectivity index (χ0) is 68.1. The highest BCUT2D eigenvalue weighted by atomic mass is 35.5. The monoisotopic (exact) mass is 1390 g/mol. The van der Waals surface area contributed by atoms with Crippen LogP contribution in [-0.2, 0) is 58.3 Å². The highest BCUT2D eigenvalue weighted by Crippen LogP contribution is 2.58. The SMILES string of the molecule is COc1cc([C@@H]2c3cc4c(cc3C(O[C@@H]3O[C@@H]5CO[C@@H](C)O[C@H]5[C@H](O)[C@H]3O)[C@H]3COC(=O)[C@H]23)OCO4)cc(OC)c1O.COc1cccc2c1C(=O)c1c(O)c3c(c(O)c1C2=O)C[C@@](O)(C(=O)CO)C[C@@H]3O[C@H]1C[C@H](N)[C@H](O)[C@H](C)O1.O=P1(N(CCCl)CCCl)NCCCO1. The number of nitrogens with zero attached hydrogens (tertiary/aromatic N) is 1. The van der Waals surface area contributed by atoms with Gasteiger partial charge in [0, 0.05) is 85.2 Å². The molecule has 518 valence electrons. The number of phenolic OH excluding ortho intramolecular Hbond substituents is 3. The quantitative estimate of drug-likeness (QED) is 0.0311. The van der Waals surface area contributed by atoms with Gasteiger partial charge in [-0.2, -0.15) is 0 Å². The average Bonchev–Trinajstić information content (AvgIpc) is 1.72. The van der Waals surface area contributed by atoms with Crippen LogP contribution < -0.4 is 34.5 Å². The number of aliphatic hydroxyl groups is 5. The number of hydrogen-bond donors (Lipinski definition) is 10. The number of ketones is 3. The van der Waals surface area contributed by atoms with Gasteiger partial charge in [-0.15, -0.1) is 23.2 Å². The number of phenols is 3. The van der Waals surface area contributed by atoms with Crippen LogP contribution in [0.1, 0.15) is 111 Å². The zero-order valence-corrected chi connectivity index (χ0v) is 54.7. The lowest BCUT2D eigenvalue weighted by molar-refractivity contribution is -0.364. The van der Waals surface area contributed by atoms with Gasteiger partial charge in [0.1, 0.15) is 53.9 Å². The maximum absolute atomic E-state index is 13.6. The molecular weight excluding hydrogens is 1320 g/mol. The van der Waals surface area contributed by atoms with Gasteiger partial charge in [0.15, 0.2) is 53.4 Å². The standard InChI is InChI=1S/C29H32O13.C27H29NO11.C7H15Cl2N2O2P/c1-11-36-9-20-27(40-11)24(31)25(32)29(41-20)42-26-14-7-17-16(38-10-39-17)6-13(14)21(22-15(26)8-37-28(22)33)12-4-18(34-2)23(30)19(5-12)35-3;1-10-22(31)13(28)6-17(38-10)39-15-8-27(36,16(30)9-29)7-12-19(15)26(35)21-20(24(12)33)23(32)11-4-3-5-14(37-2)18(11)25(21)34;8-2-5-11(6-3-9)14(12)10-4-1-7-13-14/h4-7,11,15,20-22,24-27,29-32H,8-10H2,1-3H3;3-5,10,13,15,17,22,29,31,33,35-36H,6-9,28H2,1-2H3;1-7H2,(H,10,12)/t11-,15+,20-,21-,22+,24-,25-,26?,27-,29+;10-,13-,15-,17-,22+,27-;/m10./s1. The molecule has 6 aliphatic heterocycles. The lowest BCUT2D eigenvalue weighted by Gasteiger charge is -2.47. The third kappa shape index (κ3) is 13.2. The molecule has 2 unspecified atom stereocenters. The zero-order valence-electron chi connectivity index (χ0n) is 52.3. The van der Waals surface area contributed by atoms with Crippen molar-refractivity contribution in [2.45, 2.75) is 125 Å². The topological polar surface area (TPSA) is 408 Å². The van der Waals surface area contributed by atoms with E-state index >= 15 is 0 Å². The molecule has 9 aliphatic rings. The first-order valence-electron chi connectivity index (χ1n) is 30.8. The fourth-order valence-electron chi connectivity index (χ4n) is 13.8. The summed E-state index contributed by atoms with van der Waals surface area (Å²) in [6, 6.07) is 10.6. The Kier molecular flexibility index (Phi) is 21.3. The van der Waals surface area contributed by atoms with Crippen LogP contribution in [-0.4, -0.2) is 222 Å². The Labute approximate surface area is 554 Å². The molecule has 5 fully saturated rings. The number of nitrogens with two attached hydrogens (primary N) is 1. The van der Waals surface area contributed by atoms with Crippen LogP contribution in [0.3, 0.4) is 0 Å². The molecule has 29 nitrogen and oxygen atoms in total. The van der Waals surface area contributed by atoms with Gasteiger partial charge < -0.3 is 108 Å². The van der Waals surface area contributed by atoms with Crippen molar-refractivity contribution in [3.05, 3.63) is 92.5 Å². The molecule has 6 heterocycles. The molecule has 0 radical (unpaired) electrons. The highest BCUT2D eigenvalue weighted by molar-refractivity contribution is 7.54. The number of aromatic hydroxyl groups is 3. The van der Waals surface area contributed by atoms with E-state index in [1.807, 2.05) is 0 Å². The van der Waals surface area contributed by atoms with E-state index < -0.39 is 170 Å². The Morgan fingerprint density at radius 3 is 2.12 bits per heavy atom. The summed E-state index contributed by atoms with van der Waals surface area (Å²) in [7, 11) is 1.34. The van der Waals surface area contributed by atoms with Crippen molar-refractivity contribution in [1.82, 2.24) is 9.76 Å². The van der Waals surface area contributed by atoms with E-state index in [-0.39, 0.29) is 71.7 Å². The second-order valence-electron chi connectivity index (χ2n) is 24.1. The smallest absolute Gasteiger partial charge is 0.343 e. The number of carbonyl (C=O) groups is 4. The van der Waals surface area contributed by atoms with Crippen LogP contribution in [0.4, 0.5) is 0 Å². The number of hydrogen-bond acceptors (Lipinski definition) is 27. The van der Waals surface area contributed by atoms with Crippen LogP contribution in [0.15, 0.2) is 42.5 Å². The lowest BCUT2D eigenvalue weighted by atomic mass is 9.66. The minimum absolute atomic E-state index is 0.0173. The number of rotatable bonds is 15. The fraction of sp³-hybridized carbons (Fsp3) is 0.556. The third-order valence-electron chi connectivity index (χ3n) is 18.5. The number of carbonyl (C=O) groups excluding carboxylic acids is 4. The molecule has 17 atom stereocenters. The molecule has 13 rings (SSSR count). The number of cyclic esters (lactones) is 1. The predicted molar refractivity (Wildman–Crippen MR) is 329 cm³/mol. The number of nitrogens with one attached hydrogen (secondary N) is 1. The molecule has 0 aromatic heterocycles. The van der Waals surface area contributed by atoms with Gasteiger partial charge in [-0.3, -0.25) is 23.7 Å². The van der Waals surface area contributed by atoms with Gasteiger partial charge in [-0.1, -0.05) is 12.1 Å². The number of aliphatic hydroxyl groups excluding tert-OH is 4. The van der Waals surface area contributed by atoms with Gasteiger partial charge >= 0.3 is 13.6 Å². The van der Waals surface area contributed by atoms with E-state index in [9.17, 15) is 64.6 Å². The number of halogens is 2. The first-order valence-corrected chi connectivity index (χ1v) is 33.4. The Hall–Kier alpha value is -6.03. The van der Waals surface area contributed by atoms with Crippen molar-refractivity contribution < 1.29 is 126 Å². The number of methoxy groups -OCH3 is 3.